The van der Waals surface area contributed by atoms with Crippen LogP contribution in [0.25, 0.3) is 0 Å². The van der Waals surface area contributed by atoms with Gasteiger partial charge in [0.05, 0.1) is 45.7 Å². The predicted molar refractivity (Wildman–Crippen MR) is 295 cm³/mol. The number of hydrogen-bond donors (Lipinski definition) is 1. The SMILES string of the molecule is CC(=O)N[C@@H]1[C@@H](OCc2ccccc2)O[C@H](COCc2ccccc2)[C@@H](O[C@@H]2O[C@H](C)[C@H](OCc3ccccc3)[C@@H](OCc3ccccc3)[C@H]2OCc2ccccc2)[C@H]1O[C@H]1O[C@@H](COC(C)=O)[C@@H](OC(C)=O)[C@H](OC(C)=O)[C@@H]1OC(C)=O. The van der Waals surface area contributed by atoms with Gasteiger partial charge in [-0.05, 0) is 34.7 Å². The highest BCUT2D eigenvalue weighted by Crippen LogP contribution is 2.38. The number of amides is 1. The highest BCUT2D eigenvalue weighted by molar-refractivity contribution is 5.73. The Morgan fingerprint density at radius 2 is 0.783 bits per heavy atom. The third kappa shape index (κ3) is 18.3. The van der Waals surface area contributed by atoms with E-state index < -0.39 is 128 Å². The van der Waals surface area contributed by atoms with Crippen molar-refractivity contribution in [3.63, 3.8) is 0 Å². The van der Waals surface area contributed by atoms with Crippen molar-refractivity contribution in [1.82, 2.24) is 5.32 Å². The van der Waals surface area contributed by atoms with Gasteiger partial charge in [-0.1, -0.05) is 152 Å². The van der Waals surface area contributed by atoms with Crippen LogP contribution in [0.5, 0.6) is 0 Å². The number of esters is 4. The smallest absolute Gasteiger partial charge is 0.303 e. The van der Waals surface area contributed by atoms with Gasteiger partial charge >= 0.3 is 23.9 Å². The molecule has 3 heterocycles. The minimum absolute atomic E-state index is 0.0140. The normalized spacial score (nSPS) is 27.8. The third-order valence-corrected chi connectivity index (χ3v) is 13.8. The second-order valence-corrected chi connectivity index (χ2v) is 20.3. The first kappa shape index (κ1) is 62.1. The van der Waals surface area contributed by atoms with E-state index in [-0.39, 0.29) is 39.6 Å². The number of carbonyl (C=O) groups excluding carboxylic acids is 5. The van der Waals surface area contributed by atoms with E-state index in [9.17, 15) is 24.0 Å². The van der Waals surface area contributed by atoms with Gasteiger partial charge in [0.15, 0.2) is 37.2 Å². The van der Waals surface area contributed by atoms with Crippen LogP contribution in [-0.2, 0) is 123 Å². The van der Waals surface area contributed by atoms with Crippen molar-refractivity contribution in [2.24, 2.45) is 0 Å². The Morgan fingerprint density at radius 1 is 0.386 bits per heavy atom. The molecule has 0 aliphatic carbocycles. The fourth-order valence-electron chi connectivity index (χ4n) is 10.1. The van der Waals surface area contributed by atoms with Crippen LogP contribution in [0.15, 0.2) is 152 Å². The Bertz CT molecular complexity index is 2800. The van der Waals surface area contributed by atoms with E-state index in [1.807, 2.05) is 159 Å². The van der Waals surface area contributed by atoms with Crippen LogP contribution >= 0.6 is 0 Å². The first-order chi connectivity index (χ1) is 40.2. The third-order valence-electron chi connectivity index (χ3n) is 13.8. The average Bonchev–Trinajstić information content (AvgIpc) is 3.63. The number of ether oxygens (including phenoxy) is 14. The van der Waals surface area contributed by atoms with Gasteiger partial charge in [-0.3, -0.25) is 24.0 Å². The summed E-state index contributed by atoms with van der Waals surface area (Å²) in [5.74, 6) is -3.81. The van der Waals surface area contributed by atoms with Gasteiger partial charge in [0, 0.05) is 34.6 Å². The molecule has 0 saturated carbocycles. The van der Waals surface area contributed by atoms with Crippen LogP contribution in [0.2, 0.25) is 0 Å². The standard InChI is InChI=1S/C63H73NO19/c1-39-53(72-33-46-24-14-8-15-25-46)57(73-34-47-26-16-9-17-27-47)59(74-35-48-28-18-10-19-29-48)62(76-39)82-54-50(37-70-32-45-22-12-7-13-23-45)80-61(75-36-49-30-20-11-21-31-49)52(64-40(2)65)56(54)83-63-60(79-44(6)69)58(78-43(5)68)55(77-42(4)67)51(81-63)38-71-41(3)66/h7-31,39,50-63H,32-38H2,1-6H3,(H,64,65)/t39-,50-,51+,52+,53+,54-,55-,56+,57-,58+,59-,60+,61+,62+,63-/m1/s1. The molecule has 3 saturated heterocycles. The van der Waals surface area contributed by atoms with Crippen molar-refractivity contribution in [1.29, 1.82) is 0 Å². The maximum Gasteiger partial charge on any atom is 0.303 e. The molecule has 3 fully saturated rings. The molecule has 3 aliphatic heterocycles. The summed E-state index contributed by atoms with van der Waals surface area (Å²) in [6.45, 7) is 7.44. The summed E-state index contributed by atoms with van der Waals surface area (Å²) >= 11 is 0. The molecule has 83 heavy (non-hydrogen) atoms. The Labute approximate surface area is 483 Å². The van der Waals surface area contributed by atoms with Crippen molar-refractivity contribution < 1.29 is 90.3 Å². The molecule has 20 heteroatoms. The van der Waals surface area contributed by atoms with Crippen molar-refractivity contribution in [2.75, 3.05) is 13.2 Å². The zero-order valence-electron chi connectivity index (χ0n) is 47.3. The summed E-state index contributed by atoms with van der Waals surface area (Å²) in [6.07, 6.45) is -18.2. The highest BCUT2D eigenvalue weighted by atomic mass is 16.8. The van der Waals surface area contributed by atoms with Gasteiger partial charge in [0.1, 0.15) is 55.4 Å². The maximum atomic E-state index is 13.7. The summed E-state index contributed by atoms with van der Waals surface area (Å²) in [7, 11) is 0. The van der Waals surface area contributed by atoms with Gasteiger partial charge in [-0.25, -0.2) is 0 Å². The van der Waals surface area contributed by atoms with Crippen LogP contribution in [-0.4, -0.2) is 135 Å². The van der Waals surface area contributed by atoms with E-state index in [0.29, 0.717) is 0 Å². The van der Waals surface area contributed by atoms with Crippen LogP contribution < -0.4 is 5.32 Å². The molecule has 0 radical (unpaired) electrons. The number of rotatable bonds is 26. The van der Waals surface area contributed by atoms with Crippen LogP contribution in [0, 0.1) is 0 Å². The van der Waals surface area contributed by atoms with E-state index in [1.54, 1.807) is 0 Å². The van der Waals surface area contributed by atoms with Crippen molar-refractivity contribution in [2.45, 2.75) is 167 Å². The largest absolute Gasteiger partial charge is 0.463 e. The first-order valence-corrected chi connectivity index (χ1v) is 27.6. The molecule has 0 spiro atoms. The quantitative estimate of drug-likeness (QED) is 0.0434. The number of nitrogens with one attached hydrogen (secondary N) is 1. The molecule has 0 aromatic heterocycles. The number of benzene rings is 5. The predicted octanol–water partition coefficient (Wildman–Crippen LogP) is 7.00. The van der Waals surface area contributed by atoms with Crippen molar-refractivity contribution >= 4 is 29.8 Å². The van der Waals surface area contributed by atoms with Crippen LogP contribution in [0.4, 0.5) is 0 Å². The van der Waals surface area contributed by atoms with E-state index in [1.165, 1.54) is 13.8 Å². The summed E-state index contributed by atoms with van der Waals surface area (Å²) in [5.41, 5.74) is 4.23. The lowest BCUT2D eigenvalue weighted by Crippen LogP contribution is -2.70. The second kappa shape index (κ2) is 31.1. The summed E-state index contributed by atoms with van der Waals surface area (Å²) in [5, 5.41) is 2.98. The van der Waals surface area contributed by atoms with E-state index in [4.69, 9.17) is 66.3 Å². The highest BCUT2D eigenvalue weighted by Gasteiger charge is 2.58. The molecule has 8 rings (SSSR count). The molecule has 15 atom stereocenters. The molecule has 5 aromatic rings. The molecule has 0 unspecified atom stereocenters. The van der Waals surface area contributed by atoms with Crippen LogP contribution in [0.1, 0.15) is 69.4 Å². The molecular weight excluding hydrogens is 1070 g/mol. The van der Waals surface area contributed by atoms with Crippen molar-refractivity contribution in [3.8, 4) is 0 Å². The molecule has 3 aliphatic rings. The minimum atomic E-state index is -1.78. The zero-order chi connectivity index (χ0) is 58.7. The summed E-state index contributed by atoms with van der Waals surface area (Å²) in [6, 6.07) is 46.3. The lowest BCUT2D eigenvalue weighted by molar-refractivity contribution is -0.380. The van der Waals surface area contributed by atoms with E-state index >= 15 is 0 Å². The number of hydrogen-bond acceptors (Lipinski definition) is 19. The second-order valence-electron chi connectivity index (χ2n) is 20.3. The maximum absolute atomic E-state index is 13.7. The minimum Gasteiger partial charge on any atom is -0.463 e. The molecule has 5 aromatic carbocycles. The monoisotopic (exact) mass is 1150 g/mol. The Morgan fingerprint density at radius 3 is 1.27 bits per heavy atom. The number of carbonyl (C=O) groups is 5. The van der Waals surface area contributed by atoms with Gasteiger partial charge in [0.2, 0.25) is 5.91 Å². The fraction of sp³-hybridized carbons (Fsp3) is 0.444. The molecule has 444 valence electrons. The van der Waals surface area contributed by atoms with E-state index in [2.05, 4.69) is 5.32 Å². The zero-order valence-corrected chi connectivity index (χ0v) is 47.3. The summed E-state index contributed by atoms with van der Waals surface area (Å²) < 4.78 is 91.6. The molecule has 20 nitrogen and oxygen atoms in total. The van der Waals surface area contributed by atoms with Crippen LogP contribution in [0.3, 0.4) is 0 Å². The van der Waals surface area contributed by atoms with Gasteiger partial charge < -0.3 is 71.6 Å². The Kier molecular flexibility index (Phi) is 23.3. The van der Waals surface area contributed by atoms with Gasteiger partial charge in [-0.2, -0.15) is 0 Å². The lowest BCUT2D eigenvalue weighted by Gasteiger charge is -2.51. The first-order valence-electron chi connectivity index (χ1n) is 27.6. The van der Waals surface area contributed by atoms with Gasteiger partial charge in [0.25, 0.3) is 0 Å². The average molecular weight is 1150 g/mol. The molecular formula is C63H73NO19. The Hall–Kier alpha value is -6.95. The molecule has 0 bridgehead atoms. The van der Waals surface area contributed by atoms with Crippen molar-refractivity contribution in [3.05, 3.63) is 179 Å². The van der Waals surface area contributed by atoms with E-state index in [0.717, 1.165) is 48.6 Å². The fourth-order valence-corrected chi connectivity index (χ4v) is 10.1. The van der Waals surface area contributed by atoms with Gasteiger partial charge in [-0.15, -0.1) is 0 Å². The lowest BCUT2D eigenvalue weighted by atomic mass is 9.94. The topological polar surface area (TPSA) is 227 Å². The molecule has 1 amide bonds. The molecule has 1 N–H and O–H groups in total. The summed E-state index contributed by atoms with van der Waals surface area (Å²) in [4.78, 5) is 65.1. The Balaban J connectivity index is 1.26.